The summed E-state index contributed by atoms with van der Waals surface area (Å²) in [7, 11) is 0. The second kappa shape index (κ2) is 12.8. The lowest BCUT2D eigenvalue weighted by Crippen LogP contribution is -2.59. The average Bonchev–Trinajstić information content (AvgIpc) is 3.63. The minimum Gasteiger partial charge on any atom is -0.368 e. The predicted octanol–water partition coefficient (Wildman–Crippen LogP) is 7.44. The summed E-state index contributed by atoms with van der Waals surface area (Å²) in [5.41, 5.74) is 4.47. The van der Waals surface area contributed by atoms with Crippen LogP contribution in [0.3, 0.4) is 0 Å². The van der Waals surface area contributed by atoms with Crippen LogP contribution in [0.5, 0.6) is 0 Å². The molecule has 3 aliphatic rings. The van der Waals surface area contributed by atoms with E-state index in [1.807, 2.05) is 13.0 Å². The van der Waals surface area contributed by atoms with E-state index in [1.54, 1.807) is 17.0 Å². The van der Waals surface area contributed by atoms with Crippen molar-refractivity contribution in [3.8, 4) is 0 Å². The maximum Gasteiger partial charge on any atom is 0.260 e. The van der Waals surface area contributed by atoms with Crippen LogP contribution in [-0.4, -0.2) is 58.8 Å². The summed E-state index contributed by atoms with van der Waals surface area (Å²) in [5.74, 6) is 0.0634. The van der Waals surface area contributed by atoms with E-state index in [1.165, 1.54) is 42.2 Å². The zero-order valence-corrected chi connectivity index (χ0v) is 24.6. The van der Waals surface area contributed by atoms with Gasteiger partial charge in [0.05, 0.1) is 0 Å². The fraction of sp³-hybridized carbons (Fsp3) is 0.636. The maximum absolute atomic E-state index is 14.7. The van der Waals surface area contributed by atoms with E-state index in [0.717, 1.165) is 43.5 Å². The molecule has 214 valence electrons. The van der Waals surface area contributed by atoms with Gasteiger partial charge in [0.15, 0.2) is 5.67 Å². The number of rotatable bonds is 11. The Morgan fingerprint density at radius 1 is 1.13 bits per heavy atom. The van der Waals surface area contributed by atoms with Crippen molar-refractivity contribution in [1.29, 1.82) is 0 Å². The normalized spacial score (nSPS) is 24.4. The lowest BCUT2D eigenvalue weighted by Gasteiger charge is -2.47. The Labute approximate surface area is 234 Å². The van der Waals surface area contributed by atoms with E-state index in [9.17, 15) is 13.6 Å². The number of amides is 1. The third kappa shape index (κ3) is 6.81. The Balaban J connectivity index is 1.56. The number of unbranched alkanes of at least 4 members (excludes halogenated alkanes) is 1. The third-order valence-corrected chi connectivity index (χ3v) is 8.91. The molecule has 0 radical (unpaired) electrons. The second-order valence-electron chi connectivity index (χ2n) is 11.9. The van der Waals surface area contributed by atoms with E-state index in [0.29, 0.717) is 31.8 Å². The Kier molecular flexibility index (Phi) is 9.66. The van der Waals surface area contributed by atoms with E-state index in [-0.39, 0.29) is 23.8 Å². The molecule has 0 bridgehead atoms. The molecule has 4 nitrogen and oxygen atoms in total. The van der Waals surface area contributed by atoms with Gasteiger partial charge in [-0.25, -0.2) is 8.78 Å². The van der Waals surface area contributed by atoms with Gasteiger partial charge in [-0.2, -0.15) is 0 Å². The lowest BCUT2D eigenvalue weighted by atomic mass is 9.74. The molecule has 6 heteroatoms. The van der Waals surface area contributed by atoms with Crippen molar-refractivity contribution < 1.29 is 13.6 Å². The standard InChI is InChI=1S/C33H47F2N3O/c1-6-29(27-14-11-15-27)31(30(36-7-2)17-9-8-12-26-13-10-16-28(34)20-26)25(5)37-21-24(4)38(22-23(37)3)32(39)33(35)18-19-33/h6,10,13,16,20,23-24,27H,7-9,11-12,14-15,17-19,21-22H2,1-5H3/b29-6-,31-25+,36-30?/t23-,24+/m0/s1. The van der Waals surface area contributed by atoms with Gasteiger partial charge in [0.1, 0.15) is 5.82 Å². The summed E-state index contributed by atoms with van der Waals surface area (Å²) < 4.78 is 28.3. The maximum atomic E-state index is 14.7. The quantitative estimate of drug-likeness (QED) is 0.166. The summed E-state index contributed by atoms with van der Waals surface area (Å²) in [5, 5.41) is 0. The highest BCUT2D eigenvalue weighted by atomic mass is 19.1. The first kappa shape index (κ1) is 29.5. The number of aliphatic imine (C=N–C) groups is 1. The molecule has 1 aromatic carbocycles. The number of carbonyl (C=O) groups is 1. The Morgan fingerprint density at radius 3 is 2.41 bits per heavy atom. The molecule has 1 aromatic rings. The molecule has 1 amide bonds. The van der Waals surface area contributed by atoms with Crippen LogP contribution in [0.25, 0.3) is 0 Å². The van der Waals surface area contributed by atoms with E-state index in [4.69, 9.17) is 4.99 Å². The molecule has 2 saturated carbocycles. The SMILES string of the molecule is C/C=C(\C(C(CCCCc1cccc(F)c1)=NCC)=C(\C)N1C[C@@H](C)N(C(=O)C2(F)CC2)C[C@@H]1C)C1CCC1. The molecule has 2 atom stereocenters. The average molecular weight is 540 g/mol. The number of benzene rings is 1. The molecule has 1 saturated heterocycles. The Morgan fingerprint density at radius 2 is 1.82 bits per heavy atom. The van der Waals surface area contributed by atoms with Gasteiger partial charge in [-0.05, 0) is 115 Å². The van der Waals surface area contributed by atoms with Crippen molar-refractivity contribution in [3.05, 3.63) is 58.6 Å². The molecule has 0 N–H and O–H groups in total. The van der Waals surface area contributed by atoms with Gasteiger partial charge in [-0.1, -0.05) is 24.6 Å². The molecular weight excluding hydrogens is 492 g/mol. The zero-order valence-electron chi connectivity index (χ0n) is 24.6. The van der Waals surface area contributed by atoms with E-state index >= 15 is 0 Å². The van der Waals surface area contributed by atoms with Crippen LogP contribution < -0.4 is 0 Å². The Bertz CT molecular complexity index is 1120. The predicted molar refractivity (Wildman–Crippen MR) is 156 cm³/mol. The molecule has 1 aliphatic heterocycles. The number of hydrogen-bond acceptors (Lipinski definition) is 3. The van der Waals surface area contributed by atoms with Gasteiger partial charge < -0.3 is 9.80 Å². The monoisotopic (exact) mass is 539 g/mol. The first-order chi connectivity index (χ1) is 18.7. The van der Waals surface area contributed by atoms with Crippen molar-refractivity contribution in [2.24, 2.45) is 10.9 Å². The molecule has 39 heavy (non-hydrogen) atoms. The Hall–Kier alpha value is -2.50. The van der Waals surface area contributed by atoms with Crippen molar-refractivity contribution in [2.45, 2.75) is 110 Å². The van der Waals surface area contributed by atoms with Crippen LogP contribution in [0.4, 0.5) is 8.78 Å². The first-order valence-electron chi connectivity index (χ1n) is 15.1. The topological polar surface area (TPSA) is 35.9 Å². The van der Waals surface area contributed by atoms with Crippen LogP contribution >= 0.6 is 0 Å². The molecule has 0 unspecified atom stereocenters. The number of allylic oxidation sites excluding steroid dienone is 4. The molecule has 1 heterocycles. The van der Waals surface area contributed by atoms with Gasteiger partial charge in [0, 0.05) is 48.7 Å². The van der Waals surface area contributed by atoms with Crippen molar-refractivity contribution in [2.75, 3.05) is 19.6 Å². The molecule has 4 rings (SSSR count). The van der Waals surface area contributed by atoms with Gasteiger partial charge in [-0.3, -0.25) is 9.79 Å². The summed E-state index contributed by atoms with van der Waals surface area (Å²) in [4.78, 5) is 22.1. The third-order valence-electron chi connectivity index (χ3n) is 8.91. The summed E-state index contributed by atoms with van der Waals surface area (Å²) >= 11 is 0. The lowest BCUT2D eigenvalue weighted by molar-refractivity contribution is -0.143. The summed E-state index contributed by atoms with van der Waals surface area (Å²) in [6.07, 6.45) is 10.4. The van der Waals surface area contributed by atoms with Crippen LogP contribution in [0.1, 0.15) is 91.5 Å². The van der Waals surface area contributed by atoms with Crippen LogP contribution in [0.2, 0.25) is 0 Å². The van der Waals surface area contributed by atoms with Gasteiger partial charge >= 0.3 is 0 Å². The summed E-state index contributed by atoms with van der Waals surface area (Å²) in [6.45, 7) is 12.6. The minimum atomic E-state index is -1.62. The van der Waals surface area contributed by atoms with Gasteiger partial charge in [0.2, 0.25) is 0 Å². The largest absolute Gasteiger partial charge is 0.368 e. The van der Waals surface area contributed by atoms with Gasteiger partial charge in [-0.15, -0.1) is 0 Å². The fourth-order valence-electron chi connectivity index (χ4n) is 6.28. The number of hydrogen-bond donors (Lipinski definition) is 0. The van der Waals surface area contributed by atoms with Crippen LogP contribution in [-0.2, 0) is 11.2 Å². The first-order valence-corrected chi connectivity index (χ1v) is 15.1. The smallest absolute Gasteiger partial charge is 0.260 e. The molecular formula is C33H47F2N3O. The highest BCUT2D eigenvalue weighted by Crippen LogP contribution is 2.43. The number of alkyl halides is 1. The zero-order chi connectivity index (χ0) is 28.2. The highest BCUT2D eigenvalue weighted by Gasteiger charge is 2.54. The fourth-order valence-corrected chi connectivity index (χ4v) is 6.28. The van der Waals surface area contributed by atoms with Crippen molar-refractivity contribution in [1.82, 2.24) is 9.80 Å². The molecule has 0 spiro atoms. The number of carbonyl (C=O) groups excluding carboxylic acids is 1. The molecule has 0 aromatic heterocycles. The number of aryl methyl sites for hydroxylation is 1. The van der Waals surface area contributed by atoms with E-state index < -0.39 is 5.67 Å². The second-order valence-corrected chi connectivity index (χ2v) is 11.9. The molecule has 2 aliphatic carbocycles. The van der Waals surface area contributed by atoms with Crippen LogP contribution in [0.15, 0.2) is 52.2 Å². The molecule has 3 fully saturated rings. The summed E-state index contributed by atoms with van der Waals surface area (Å²) in [6, 6.07) is 6.95. The number of halogens is 2. The highest BCUT2D eigenvalue weighted by molar-refractivity contribution is 6.04. The van der Waals surface area contributed by atoms with Crippen molar-refractivity contribution in [3.63, 3.8) is 0 Å². The minimum absolute atomic E-state index is 0.0475. The number of piperazine rings is 1. The van der Waals surface area contributed by atoms with Crippen molar-refractivity contribution >= 4 is 11.6 Å². The van der Waals surface area contributed by atoms with E-state index in [2.05, 4.69) is 38.7 Å². The van der Waals surface area contributed by atoms with Crippen LogP contribution in [0, 0.1) is 11.7 Å². The van der Waals surface area contributed by atoms with Gasteiger partial charge in [0.25, 0.3) is 5.91 Å². The number of nitrogens with zero attached hydrogens (tertiary/aromatic N) is 3.